The molecule has 2 aromatic rings. The van der Waals surface area contributed by atoms with Crippen molar-refractivity contribution in [3.8, 4) is 11.3 Å². The van der Waals surface area contributed by atoms with Crippen molar-refractivity contribution in [1.29, 1.82) is 0 Å². The van der Waals surface area contributed by atoms with Crippen molar-refractivity contribution in [1.82, 2.24) is 15.5 Å². The second-order valence-corrected chi connectivity index (χ2v) is 6.58. The Balaban J connectivity index is 1.67. The summed E-state index contributed by atoms with van der Waals surface area (Å²) in [6.07, 6.45) is 1.43. The fourth-order valence-corrected chi connectivity index (χ4v) is 2.95. The van der Waals surface area contributed by atoms with Gasteiger partial charge in [-0.1, -0.05) is 0 Å². The number of aromatic nitrogens is 2. The van der Waals surface area contributed by atoms with Crippen LogP contribution in [0.15, 0.2) is 24.3 Å². The number of amides is 1. The van der Waals surface area contributed by atoms with Gasteiger partial charge in [-0.2, -0.15) is 5.10 Å². The van der Waals surface area contributed by atoms with Gasteiger partial charge in [0.15, 0.2) is 0 Å². The number of aliphatic hydroxyl groups is 1. The second kappa shape index (κ2) is 7.33. The molecule has 25 heavy (non-hydrogen) atoms. The van der Waals surface area contributed by atoms with Gasteiger partial charge in [0.1, 0.15) is 11.5 Å². The molecule has 1 aromatic carbocycles. The lowest BCUT2D eigenvalue weighted by molar-refractivity contribution is -0.0146. The van der Waals surface area contributed by atoms with Gasteiger partial charge in [-0.15, -0.1) is 0 Å². The molecule has 3 N–H and O–H groups in total. The third kappa shape index (κ3) is 3.88. The quantitative estimate of drug-likeness (QED) is 0.772. The number of nitrogens with one attached hydrogen (secondary N) is 2. The SMILES string of the molecule is Cc1cc(-c2cc(C(=O)NCC3(CO)CCOCC3)[nH]n2)ccc1F. The molecular weight excluding hydrogens is 325 g/mol. The monoisotopic (exact) mass is 347 g/mol. The van der Waals surface area contributed by atoms with E-state index in [9.17, 15) is 14.3 Å². The van der Waals surface area contributed by atoms with Crippen LogP contribution in [0.3, 0.4) is 0 Å². The maximum Gasteiger partial charge on any atom is 0.269 e. The lowest BCUT2D eigenvalue weighted by atomic mass is 9.81. The van der Waals surface area contributed by atoms with E-state index in [0.717, 1.165) is 5.56 Å². The van der Waals surface area contributed by atoms with Crippen LogP contribution < -0.4 is 5.32 Å². The highest BCUT2D eigenvalue weighted by Crippen LogP contribution is 2.29. The number of nitrogens with zero attached hydrogens (tertiary/aromatic N) is 1. The van der Waals surface area contributed by atoms with Gasteiger partial charge in [0.25, 0.3) is 5.91 Å². The van der Waals surface area contributed by atoms with Crippen LogP contribution in [0.4, 0.5) is 4.39 Å². The molecule has 0 bridgehead atoms. The number of aliphatic hydroxyl groups excluding tert-OH is 1. The van der Waals surface area contributed by atoms with Gasteiger partial charge in [-0.25, -0.2) is 4.39 Å². The summed E-state index contributed by atoms with van der Waals surface area (Å²) in [6, 6.07) is 6.34. The number of carbonyl (C=O) groups is 1. The first-order valence-corrected chi connectivity index (χ1v) is 8.32. The number of halogens is 1. The number of aryl methyl sites for hydroxylation is 1. The Morgan fingerprint density at radius 1 is 1.40 bits per heavy atom. The molecule has 0 unspecified atom stereocenters. The van der Waals surface area contributed by atoms with Crippen LogP contribution in [0.1, 0.15) is 28.9 Å². The van der Waals surface area contributed by atoms with Crippen LogP contribution in [0.5, 0.6) is 0 Å². The van der Waals surface area contributed by atoms with Crippen LogP contribution >= 0.6 is 0 Å². The van der Waals surface area contributed by atoms with Crippen molar-refractivity contribution < 1.29 is 19.0 Å². The number of carbonyl (C=O) groups excluding carboxylic acids is 1. The van der Waals surface area contributed by atoms with Crippen LogP contribution in [-0.2, 0) is 4.74 Å². The Labute approximate surface area is 145 Å². The zero-order valence-corrected chi connectivity index (χ0v) is 14.1. The maximum atomic E-state index is 13.4. The molecule has 1 amide bonds. The Bertz CT molecular complexity index is 754. The third-order valence-corrected chi connectivity index (χ3v) is 4.79. The molecule has 1 saturated heterocycles. The normalized spacial score (nSPS) is 16.6. The molecule has 0 aliphatic carbocycles. The molecule has 1 aliphatic heterocycles. The van der Waals surface area contributed by atoms with E-state index in [1.165, 1.54) is 6.07 Å². The van der Waals surface area contributed by atoms with E-state index < -0.39 is 0 Å². The van der Waals surface area contributed by atoms with E-state index in [1.54, 1.807) is 25.1 Å². The fourth-order valence-electron chi connectivity index (χ4n) is 2.95. The molecule has 7 heteroatoms. The van der Waals surface area contributed by atoms with E-state index in [4.69, 9.17) is 4.74 Å². The van der Waals surface area contributed by atoms with Gasteiger partial charge in [-0.05, 0) is 49.6 Å². The van der Waals surface area contributed by atoms with Crippen molar-refractivity contribution in [2.75, 3.05) is 26.4 Å². The van der Waals surface area contributed by atoms with Gasteiger partial charge >= 0.3 is 0 Å². The standard InChI is InChI=1S/C18H22FN3O3/c1-12-8-13(2-3-14(12)19)15-9-16(22-21-15)17(24)20-10-18(11-23)4-6-25-7-5-18/h2-3,8-9,23H,4-7,10-11H2,1H3,(H,20,24)(H,21,22). The average molecular weight is 347 g/mol. The minimum Gasteiger partial charge on any atom is -0.396 e. The van der Waals surface area contributed by atoms with E-state index in [-0.39, 0.29) is 23.7 Å². The Kier molecular flexibility index (Phi) is 5.15. The first-order chi connectivity index (χ1) is 12.0. The lowest BCUT2D eigenvalue weighted by Crippen LogP contribution is -2.43. The fraction of sp³-hybridized carbons (Fsp3) is 0.444. The summed E-state index contributed by atoms with van der Waals surface area (Å²) >= 11 is 0. The predicted octanol–water partition coefficient (Wildman–Crippen LogP) is 2.04. The molecule has 0 saturated carbocycles. The molecule has 0 atom stereocenters. The Morgan fingerprint density at radius 3 is 2.84 bits per heavy atom. The molecule has 6 nitrogen and oxygen atoms in total. The van der Waals surface area contributed by atoms with Crippen molar-refractivity contribution >= 4 is 5.91 Å². The van der Waals surface area contributed by atoms with Crippen LogP contribution in [-0.4, -0.2) is 47.6 Å². The third-order valence-electron chi connectivity index (χ3n) is 4.79. The van der Waals surface area contributed by atoms with Crippen LogP contribution in [0.25, 0.3) is 11.3 Å². The number of hydrogen-bond acceptors (Lipinski definition) is 4. The summed E-state index contributed by atoms with van der Waals surface area (Å²) in [5, 5.41) is 19.4. The number of aromatic amines is 1. The lowest BCUT2D eigenvalue weighted by Gasteiger charge is -2.35. The average Bonchev–Trinajstić information content (AvgIpc) is 3.13. The second-order valence-electron chi connectivity index (χ2n) is 6.58. The van der Waals surface area contributed by atoms with E-state index >= 15 is 0 Å². The summed E-state index contributed by atoms with van der Waals surface area (Å²) in [7, 11) is 0. The summed E-state index contributed by atoms with van der Waals surface area (Å²) in [6.45, 7) is 3.26. The van der Waals surface area contributed by atoms with E-state index in [0.29, 0.717) is 49.6 Å². The van der Waals surface area contributed by atoms with Gasteiger partial charge in [-0.3, -0.25) is 9.89 Å². The minimum atomic E-state index is -0.329. The van der Waals surface area contributed by atoms with E-state index in [1.807, 2.05) is 0 Å². The van der Waals surface area contributed by atoms with Crippen LogP contribution in [0.2, 0.25) is 0 Å². The summed E-state index contributed by atoms with van der Waals surface area (Å²) in [5.74, 6) is -0.556. The smallest absolute Gasteiger partial charge is 0.269 e. The Morgan fingerprint density at radius 2 is 2.16 bits per heavy atom. The molecular formula is C18H22FN3O3. The molecule has 0 spiro atoms. The first kappa shape index (κ1) is 17.6. The Hall–Kier alpha value is -2.25. The largest absolute Gasteiger partial charge is 0.396 e. The summed E-state index contributed by atoms with van der Waals surface area (Å²) in [5.41, 5.74) is 1.85. The summed E-state index contributed by atoms with van der Waals surface area (Å²) in [4.78, 5) is 12.4. The number of benzene rings is 1. The number of rotatable bonds is 5. The highest BCUT2D eigenvalue weighted by atomic mass is 19.1. The van der Waals surface area contributed by atoms with Gasteiger partial charge < -0.3 is 15.2 Å². The first-order valence-electron chi connectivity index (χ1n) is 8.32. The highest BCUT2D eigenvalue weighted by Gasteiger charge is 2.32. The molecule has 3 rings (SSSR count). The zero-order chi connectivity index (χ0) is 17.9. The van der Waals surface area contributed by atoms with Crippen molar-refractivity contribution in [2.24, 2.45) is 5.41 Å². The van der Waals surface area contributed by atoms with Gasteiger partial charge in [0.05, 0.1) is 12.3 Å². The predicted molar refractivity (Wildman–Crippen MR) is 90.6 cm³/mol. The highest BCUT2D eigenvalue weighted by molar-refractivity contribution is 5.93. The molecule has 1 fully saturated rings. The number of ether oxygens (including phenoxy) is 1. The van der Waals surface area contributed by atoms with Crippen molar-refractivity contribution in [2.45, 2.75) is 19.8 Å². The van der Waals surface area contributed by atoms with Crippen LogP contribution in [0, 0.1) is 18.2 Å². The number of H-pyrrole nitrogens is 1. The molecule has 134 valence electrons. The minimum absolute atomic E-state index is 0.0136. The van der Waals surface area contributed by atoms with Gasteiger partial charge in [0.2, 0.25) is 0 Å². The molecule has 1 aliphatic rings. The van der Waals surface area contributed by atoms with Gasteiger partial charge in [0, 0.05) is 30.7 Å². The van der Waals surface area contributed by atoms with Crippen molar-refractivity contribution in [3.05, 3.63) is 41.3 Å². The topological polar surface area (TPSA) is 87.2 Å². The molecule has 2 heterocycles. The maximum absolute atomic E-state index is 13.4. The molecule has 0 radical (unpaired) electrons. The van der Waals surface area contributed by atoms with E-state index in [2.05, 4.69) is 15.5 Å². The summed E-state index contributed by atoms with van der Waals surface area (Å²) < 4.78 is 18.7. The molecule has 1 aromatic heterocycles. The van der Waals surface area contributed by atoms with Crippen molar-refractivity contribution in [3.63, 3.8) is 0 Å². The zero-order valence-electron chi connectivity index (χ0n) is 14.1. The number of hydrogen-bond donors (Lipinski definition) is 3.